The van der Waals surface area contributed by atoms with Crippen molar-refractivity contribution in [2.45, 2.75) is 63.7 Å². The molecule has 2 fully saturated rings. The molecule has 0 bridgehead atoms. The number of carbonyl (C=O) groups excluding carboxylic acids is 1. The van der Waals surface area contributed by atoms with Crippen molar-refractivity contribution in [2.75, 3.05) is 23.3 Å². The molecule has 4 rings (SSSR count). The highest BCUT2D eigenvalue weighted by Gasteiger charge is 2.33. The number of aromatic nitrogens is 1. The van der Waals surface area contributed by atoms with Crippen LogP contribution in [0.15, 0.2) is 36.4 Å². The number of pyridine rings is 1. The molecule has 1 aliphatic heterocycles. The van der Waals surface area contributed by atoms with Gasteiger partial charge in [-0.15, -0.1) is 0 Å². The Kier molecular flexibility index (Phi) is 6.58. The topological polar surface area (TPSA) is 57.3 Å². The Labute approximate surface area is 186 Å². The fourth-order valence-corrected chi connectivity index (χ4v) is 4.58. The molecule has 32 heavy (non-hydrogen) atoms. The summed E-state index contributed by atoms with van der Waals surface area (Å²) in [6.07, 6.45) is 1.09. The van der Waals surface area contributed by atoms with Crippen LogP contribution in [0.3, 0.4) is 0 Å². The first kappa shape index (κ1) is 22.4. The quantitative estimate of drug-likeness (QED) is 0.666. The maximum Gasteiger partial charge on any atom is 0.433 e. The van der Waals surface area contributed by atoms with Crippen LogP contribution in [0.2, 0.25) is 0 Å². The molecule has 0 atom stereocenters. The number of aryl methyl sites for hydroxylation is 1. The van der Waals surface area contributed by atoms with Gasteiger partial charge in [-0.25, -0.2) is 4.98 Å². The van der Waals surface area contributed by atoms with Crippen molar-refractivity contribution < 1.29 is 18.0 Å². The lowest BCUT2D eigenvalue weighted by atomic mass is 9.90. The smallest absolute Gasteiger partial charge is 0.382 e. The van der Waals surface area contributed by atoms with Crippen LogP contribution in [-0.4, -0.2) is 36.1 Å². The van der Waals surface area contributed by atoms with E-state index in [9.17, 15) is 18.0 Å². The van der Waals surface area contributed by atoms with Crippen molar-refractivity contribution >= 4 is 17.3 Å². The van der Waals surface area contributed by atoms with Gasteiger partial charge in [0.15, 0.2) is 0 Å². The average molecular weight is 447 g/mol. The van der Waals surface area contributed by atoms with Gasteiger partial charge in [0.1, 0.15) is 5.69 Å². The summed E-state index contributed by atoms with van der Waals surface area (Å²) >= 11 is 0. The molecule has 0 radical (unpaired) electrons. The molecule has 2 aromatic rings. The first-order chi connectivity index (χ1) is 15.3. The Morgan fingerprint density at radius 2 is 1.62 bits per heavy atom. The minimum absolute atomic E-state index is 0.0729. The van der Waals surface area contributed by atoms with Crippen LogP contribution in [0.4, 0.5) is 24.5 Å². The molecule has 2 heterocycles. The van der Waals surface area contributed by atoms with Gasteiger partial charge < -0.3 is 15.5 Å². The van der Waals surface area contributed by atoms with Gasteiger partial charge in [0.25, 0.3) is 5.91 Å². The highest BCUT2D eigenvalue weighted by atomic mass is 19.4. The van der Waals surface area contributed by atoms with Crippen LogP contribution in [0.1, 0.15) is 60.3 Å². The maximum atomic E-state index is 13.0. The first-order valence-electron chi connectivity index (χ1n) is 11.3. The summed E-state index contributed by atoms with van der Waals surface area (Å²) in [5.41, 5.74) is 1.71. The number of benzene rings is 1. The van der Waals surface area contributed by atoms with E-state index in [1.54, 1.807) is 13.0 Å². The number of nitrogens with zero attached hydrogens (tertiary/aromatic N) is 2. The Balaban J connectivity index is 1.28. The summed E-state index contributed by atoms with van der Waals surface area (Å²) in [4.78, 5) is 18.5. The lowest BCUT2D eigenvalue weighted by Crippen LogP contribution is -2.40. The molecule has 1 aromatic heterocycles. The summed E-state index contributed by atoms with van der Waals surface area (Å²) in [5, 5.41) is 6.32. The number of hydrogen-bond donors (Lipinski definition) is 2. The maximum absolute atomic E-state index is 13.0. The zero-order valence-corrected chi connectivity index (χ0v) is 18.2. The summed E-state index contributed by atoms with van der Waals surface area (Å²) in [5.74, 6) is -0.0750. The fraction of sp³-hybridized carbons (Fsp3) is 0.500. The van der Waals surface area contributed by atoms with Crippen LogP contribution < -0.4 is 15.5 Å². The minimum Gasteiger partial charge on any atom is -0.382 e. The number of carbonyl (C=O) groups is 1. The van der Waals surface area contributed by atoms with Gasteiger partial charge in [0, 0.05) is 47.8 Å². The second-order valence-corrected chi connectivity index (χ2v) is 8.79. The van der Waals surface area contributed by atoms with Crippen LogP contribution in [0.25, 0.3) is 0 Å². The Morgan fingerprint density at radius 1 is 1.00 bits per heavy atom. The predicted octanol–water partition coefficient (Wildman–Crippen LogP) is 5.16. The lowest BCUT2D eigenvalue weighted by Gasteiger charge is -2.30. The van der Waals surface area contributed by atoms with Crippen molar-refractivity contribution in [3.8, 4) is 0 Å². The van der Waals surface area contributed by atoms with Crippen molar-refractivity contribution in [1.82, 2.24) is 10.3 Å². The molecule has 8 heteroatoms. The number of anilines is 2. The van der Waals surface area contributed by atoms with Gasteiger partial charge in [-0.05, 0) is 81.8 Å². The summed E-state index contributed by atoms with van der Waals surface area (Å²) in [6, 6.07) is 10.6. The molecule has 0 spiro atoms. The zero-order valence-electron chi connectivity index (χ0n) is 18.2. The number of hydrogen-bond acceptors (Lipinski definition) is 4. The third-order valence-corrected chi connectivity index (χ3v) is 6.28. The van der Waals surface area contributed by atoms with E-state index in [1.807, 2.05) is 24.3 Å². The van der Waals surface area contributed by atoms with Crippen molar-refractivity contribution in [1.29, 1.82) is 0 Å². The van der Waals surface area contributed by atoms with Crippen LogP contribution in [0, 0.1) is 6.92 Å². The first-order valence-corrected chi connectivity index (χ1v) is 11.3. The molecule has 1 amide bonds. The van der Waals surface area contributed by atoms with E-state index < -0.39 is 11.9 Å². The predicted molar refractivity (Wildman–Crippen MR) is 119 cm³/mol. The van der Waals surface area contributed by atoms with Gasteiger partial charge in [0.05, 0.1) is 0 Å². The van der Waals surface area contributed by atoms with Gasteiger partial charge in [-0.3, -0.25) is 4.79 Å². The number of halogens is 3. The number of amides is 1. The SMILES string of the molecule is Cc1cc(NC2CCC(NC(=O)c3ccc(N4CCCC4)cc3)CC2)cc(C(F)(F)F)n1. The minimum atomic E-state index is -4.46. The second kappa shape index (κ2) is 9.38. The van der Waals surface area contributed by atoms with Crippen molar-refractivity contribution in [2.24, 2.45) is 0 Å². The zero-order chi connectivity index (χ0) is 22.7. The lowest BCUT2D eigenvalue weighted by molar-refractivity contribution is -0.141. The molecular formula is C24H29F3N4O. The molecule has 1 saturated carbocycles. The second-order valence-electron chi connectivity index (χ2n) is 8.79. The third-order valence-electron chi connectivity index (χ3n) is 6.28. The summed E-state index contributed by atoms with van der Waals surface area (Å²) in [7, 11) is 0. The fourth-order valence-electron chi connectivity index (χ4n) is 4.58. The Morgan fingerprint density at radius 3 is 2.25 bits per heavy atom. The van der Waals surface area contributed by atoms with Gasteiger partial charge in [-0.1, -0.05) is 0 Å². The molecule has 5 nitrogen and oxygen atoms in total. The van der Waals surface area contributed by atoms with E-state index in [0.717, 1.165) is 50.5 Å². The molecule has 1 saturated heterocycles. The Bertz CT molecular complexity index is 931. The average Bonchev–Trinajstić information content (AvgIpc) is 3.29. The molecule has 0 unspecified atom stereocenters. The van der Waals surface area contributed by atoms with E-state index in [2.05, 4.69) is 20.5 Å². The summed E-state index contributed by atoms with van der Waals surface area (Å²) in [6.45, 7) is 3.70. The van der Waals surface area contributed by atoms with E-state index in [4.69, 9.17) is 0 Å². The number of nitrogens with one attached hydrogen (secondary N) is 2. The number of alkyl halides is 3. The monoisotopic (exact) mass is 446 g/mol. The van der Waals surface area contributed by atoms with Crippen molar-refractivity contribution in [3.05, 3.63) is 53.3 Å². The van der Waals surface area contributed by atoms with E-state index >= 15 is 0 Å². The molecule has 1 aromatic carbocycles. The van der Waals surface area contributed by atoms with Gasteiger partial charge in [-0.2, -0.15) is 13.2 Å². The highest BCUT2D eigenvalue weighted by molar-refractivity contribution is 5.94. The van der Waals surface area contributed by atoms with E-state index in [1.165, 1.54) is 12.8 Å². The number of rotatable bonds is 5. The van der Waals surface area contributed by atoms with E-state index in [0.29, 0.717) is 16.9 Å². The Hall–Kier alpha value is -2.77. The van der Waals surface area contributed by atoms with Crippen LogP contribution in [-0.2, 0) is 6.18 Å². The highest BCUT2D eigenvalue weighted by Crippen LogP contribution is 2.31. The van der Waals surface area contributed by atoms with Crippen molar-refractivity contribution in [3.63, 3.8) is 0 Å². The van der Waals surface area contributed by atoms with Gasteiger partial charge in [0.2, 0.25) is 0 Å². The van der Waals surface area contributed by atoms with Crippen LogP contribution in [0.5, 0.6) is 0 Å². The van der Waals surface area contributed by atoms with Crippen LogP contribution >= 0.6 is 0 Å². The van der Waals surface area contributed by atoms with Gasteiger partial charge >= 0.3 is 6.18 Å². The molecule has 1 aliphatic carbocycles. The molecule has 2 aliphatic rings. The summed E-state index contributed by atoms with van der Waals surface area (Å²) < 4.78 is 39.0. The normalized spacial score (nSPS) is 21.4. The molecular weight excluding hydrogens is 417 g/mol. The standard InChI is InChI=1S/C24H29F3N4O/c1-16-14-20(15-22(28-16)24(25,26)27)29-18-6-8-19(9-7-18)30-23(32)17-4-10-21(11-5-17)31-12-2-3-13-31/h4-5,10-11,14-15,18-19H,2-3,6-9,12-13H2,1H3,(H,28,29)(H,30,32). The molecule has 2 N–H and O–H groups in total. The third kappa shape index (κ3) is 5.53. The van der Waals surface area contributed by atoms with E-state index in [-0.39, 0.29) is 18.0 Å². The molecule has 172 valence electrons. The largest absolute Gasteiger partial charge is 0.433 e.